The van der Waals surface area contributed by atoms with E-state index in [0.717, 1.165) is 0 Å². The van der Waals surface area contributed by atoms with Gasteiger partial charge in [-0.15, -0.1) is 0 Å². The lowest BCUT2D eigenvalue weighted by Gasteiger charge is -1.72. The summed E-state index contributed by atoms with van der Waals surface area (Å²) in [6.45, 7) is 0. The zero-order valence-corrected chi connectivity index (χ0v) is 4.55. The number of nitrogens with one attached hydrogen (secondary N) is 1. The van der Waals surface area contributed by atoms with Gasteiger partial charge in [0.2, 0.25) is 0 Å². The first kappa shape index (κ1) is 10.4. The largest absolute Gasteiger partial charge is 0.370 e. The van der Waals surface area contributed by atoms with Gasteiger partial charge < -0.3 is 20.8 Å². The maximum Gasteiger partial charge on any atom is 0.282 e. The quantitative estimate of drug-likeness (QED) is 0.201. The molecule has 0 heterocycles. The number of halogens is 1. The molecule has 0 unspecified atom stereocenters. The van der Waals surface area contributed by atoms with Crippen molar-refractivity contribution in [3.63, 3.8) is 0 Å². The number of nitrogens with two attached hydrogens (primary N) is 2. The van der Waals surface area contributed by atoms with Crippen molar-refractivity contribution in [1.82, 2.24) is 0 Å². The summed E-state index contributed by atoms with van der Waals surface area (Å²) in [7, 11) is -2.60. The van der Waals surface area contributed by atoms with Gasteiger partial charge in [-0.3, -0.25) is 5.41 Å². The number of hydrogen-bond donors (Lipinski definition) is 4. The highest BCUT2D eigenvalue weighted by atomic mass is 35.6. The van der Waals surface area contributed by atoms with Crippen molar-refractivity contribution in [3.05, 3.63) is 0 Å². The molecule has 7 heteroatoms. The fraction of sp³-hybridized carbons (Fsp3) is 0. The van der Waals surface area contributed by atoms with E-state index in [2.05, 4.69) is 11.5 Å². The second-order valence-corrected chi connectivity index (χ2v) is 1.06. The Hall–Kier alpha value is -0.560. The van der Waals surface area contributed by atoms with Crippen LogP contribution in [-0.4, -0.2) is 10.6 Å². The first-order valence-electron chi connectivity index (χ1n) is 1.30. The lowest BCUT2D eigenvalue weighted by Crippen LogP contribution is -2.30. The van der Waals surface area contributed by atoms with Gasteiger partial charge in [0.1, 0.15) is 0 Å². The van der Waals surface area contributed by atoms with Crippen LogP contribution in [0.3, 0.4) is 0 Å². The van der Waals surface area contributed by atoms with Crippen molar-refractivity contribution in [3.8, 4) is 0 Å². The van der Waals surface area contributed by atoms with Gasteiger partial charge in [0.25, 0.3) is 10.8 Å². The van der Waals surface area contributed by atoms with Crippen LogP contribution in [0.1, 0.15) is 0 Å². The molecule has 0 radical (unpaired) electrons. The van der Waals surface area contributed by atoms with Gasteiger partial charge >= 0.3 is 0 Å². The van der Waals surface area contributed by atoms with Crippen LogP contribution in [0.25, 0.3) is 0 Å². The summed E-state index contributed by atoms with van der Waals surface area (Å²) in [6.07, 6.45) is 0. The molecule has 0 aliphatic heterocycles. The molecule has 0 aromatic carbocycles. The van der Waals surface area contributed by atoms with Crippen LogP contribution >= 0.6 is 0 Å². The van der Waals surface area contributed by atoms with Crippen LogP contribution in [0.2, 0.25) is 0 Å². The zero-order chi connectivity index (χ0) is 7.15. The van der Waals surface area contributed by atoms with Crippen LogP contribution < -0.4 is 20.8 Å². The zero-order valence-electron chi connectivity index (χ0n) is 3.80. The summed E-state index contributed by atoms with van der Waals surface area (Å²) in [6, 6.07) is 0. The van der Waals surface area contributed by atoms with Crippen molar-refractivity contribution < 1.29 is 24.8 Å². The molecule has 0 amide bonds. The lowest BCUT2D eigenvalue weighted by molar-refractivity contribution is -1.63. The number of hydrogen-bond acceptors (Lipinski definition) is 4. The number of guanidine groups is 1. The average Bonchev–Trinajstić information content (AvgIpc) is 1.25. The van der Waals surface area contributed by atoms with Gasteiger partial charge in [0, 0.05) is 4.66 Å². The van der Waals surface area contributed by atoms with E-state index in [-0.39, 0.29) is 5.96 Å². The molecule has 0 fully saturated rings. The molecule has 0 rings (SSSR count). The van der Waals surface area contributed by atoms with Crippen molar-refractivity contribution >= 4 is 5.96 Å². The molecule has 0 saturated carbocycles. The third-order valence-corrected chi connectivity index (χ3v) is 0. The third kappa shape index (κ3) is 342. The summed E-state index contributed by atoms with van der Waals surface area (Å²) >= 11 is 0. The predicted octanol–water partition coefficient (Wildman–Crippen LogP) is -4.10. The topological polar surface area (TPSA) is 142 Å². The van der Waals surface area contributed by atoms with Crippen LogP contribution in [0.4, 0.5) is 0 Å². The Labute approximate surface area is 48.6 Å². The summed E-state index contributed by atoms with van der Waals surface area (Å²) in [4.78, 5) is 0. The van der Waals surface area contributed by atoms with Crippen LogP contribution in [0.15, 0.2) is 0 Å². The first-order valence-corrected chi connectivity index (χ1v) is 2.26. The van der Waals surface area contributed by atoms with E-state index < -0.39 is 10.8 Å². The van der Waals surface area contributed by atoms with E-state index in [1.165, 1.54) is 0 Å². The molecule has 0 bridgehead atoms. The molecule has 0 aromatic rings. The Morgan fingerprint density at radius 1 is 1.50 bits per heavy atom. The van der Waals surface area contributed by atoms with Crippen LogP contribution in [-0.2, 0) is 0 Å². The minimum atomic E-state index is -2.60. The summed E-state index contributed by atoms with van der Waals surface area (Å²) < 4.78 is 24.0. The second-order valence-electron chi connectivity index (χ2n) is 0.656. The van der Waals surface area contributed by atoms with Crippen molar-refractivity contribution in [2.75, 3.05) is 0 Å². The fourth-order valence-electron chi connectivity index (χ4n) is 0. The maximum atomic E-state index is 8.52. The number of rotatable bonds is 0. The molecule has 6 N–H and O–H groups in total. The normalized spacial score (nSPS) is 7.50. The van der Waals surface area contributed by atoms with Crippen LogP contribution in [0, 0.1) is 16.2 Å². The monoisotopic (exact) mass is 143 g/mol. The van der Waals surface area contributed by atoms with Gasteiger partial charge in [0.15, 0.2) is 5.96 Å². The molecule has 0 spiro atoms. The fourth-order valence-corrected chi connectivity index (χ4v) is 0. The van der Waals surface area contributed by atoms with E-state index >= 15 is 0 Å². The molecule has 0 aliphatic rings. The van der Waals surface area contributed by atoms with E-state index in [1.54, 1.807) is 0 Å². The molecular formula is CH6ClN3O3. The predicted molar refractivity (Wildman–Crippen MR) is 18.3 cm³/mol. The Kier molecular flexibility index (Phi) is 8.39. The highest BCUT2D eigenvalue weighted by molar-refractivity contribution is 5.71. The highest BCUT2D eigenvalue weighted by Crippen LogP contribution is 1.38. The molecule has 50 valence electrons. The summed E-state index contributed by atoms with van der Waals surface area (Å²) in [5.41, 5.74) is 8.94. The molecule has 0 saturated heterocycles. The third-order valence-electron chi connectivity index (χ3n) is 0. The van der Waals surface area contributed by atoms with Crippen molar-refractivity contribution in [2.24, 2.45) is 11.5 Å². The van der Waals surface area contributed by atoms with Crippen molar-refractivity contribution in [2.45, 2.75) is 0 Å². The van der Waals surface area contributed by atoms with E-state index in [9.17, 15) is 0 Å². The minimum Gasteiger partial charge on any atom is -0.370 e. The van der Waals surface area contributed by atoms with Crippen molar-refractivity contribution in [1.29, 1.82) is 5.41 Å². The Bertz CT molecular complexity index is 58.8. The van der Waals surface area contributed by atoms with Gasteiger partial charge in [0.05, 0.1) is 0 Å². The van der Waals surface area contributed by atoms with E-state index in [1.807, 2.05) is 0 Å². The molecule has 0 atom stereocenters. The molecular weight excluding hydrogens is 137 g/mol. The molecule has 8 heavy (non-hydrogen) atoms. The lowest BCUT2D eigenvalue weighted by atomic mass is 11.1. The standard InChI is InChI=1S/CH5N3.ClHO3/c2*2-1(3)4/h(H5,2,3,4);2H. The summed E-state index contributed by atoms with van der Waals surface area (Å²) in [5.74, 6) is -0.333. The minimum absolute atomic E-state index is 0.333. The Balaban J connectivity index is 0. The maximum absolute atomic E-state index is 8.52. The van der Waals surface area contributed by atoms with Gasteiger partial charge in [-0.1, -0.05) is 0 Å². The Morgan fingerprint density at radius 2 is 1.50 bits per heavy atom. The van der Waals surface area contributed by atoms with E-state index in [4.69, 9.17) is 19.4 Å². The van der Waals surface area contributed by atoms with Gasteiger partial charge in [-0.25, -0.2) is 0 Å². The summed E-state index contributed by atoms with van der Waals surface area (Å²) in [5, 5.41) is 6.06. The first-order chi connectivity index (χ1) is 3.46. The van der Waals surface area contributed by atoms with Crippen LogP contribution in [0.5, 0.6) is 0 Å². The smallest absolute Gasteiger partial charge is 0.282 e. The second kappa shape index (κ2) is 6.44. The molecule has 6 nitrogen and oxygen atoms in total. The molecule has 0 aromatic heterocycles. The Morgan fingerprint density at radius 3 is 1.50 bits per heavy atom. The van der Waals surface area contributed by atoms with E-state index in [0.29, 0.717) is 0 Å². The highest BCUT2D eigenvalue weighted by Gasteiger charge is 1.79. The average molecular weight is 144 g/mol. The molecule has 0 aliphatic carbocycles. The SMILES string of the molecule is N=C(N)N.[O-][Cl+2]([O-])O. The van der Waals surface area contributed by atoms with Gasteiger partial charge in [-0.2, -0.15) is 0 Å². The van der Waals surface area contributed by atoms with Gasteiger partial charge in [-0.05, 0) is 0 Å².